The Kier molecular flexibility index (Phi) is 6.81. The first-order valence-electron chi connectivity index (χ1n) is 7.78. The van der Waals surface area contributed by atoms with Crippen molar-refractivity contribution in [2.75, 3.05) is 18.5 Å². The lowest BCUT2D eigenvalue weighted by Gasteiger charge is -2.15. The van der Waals surface area contributed by atoms with Gasteiger partial charge in [0.1, 0.15) is 30.2 Å². The molecule has 25 heavy (non-hydrogen) atoms. The van der Waals surface area contributed by atoms with E-state index in [1.54, 1.807) is 6.07 Å². The van der Waals surface area contributed by atoms with Crippen LogP contribution in [0.1, 0.15) is 29.0 Å². The van der Waals surface area contributed by atoms with Gasteiger partial charge in [-0.1, -0.05) is 0 Å². The minimum atomic E-state index is -0.468. The maximum Gasteiger partial charge on any atom is 0.259 e. The highest BCUT2D eigenvalue weighted by molar-refractivity contribution is 6.04. The van der Waals surface area contributed by atoms with E-state index >= 15 is 0 Å². The first-order chi connectivity index (χ1) is 11.7. The molecule has 1 saturated heterocycles. The molecule has 6 nitrogen and oxygen atoms in total. The molecule has 1 aliphatic heterocycles. The molecular formula is C17H20ClFN2O4. The van der Waals surface area contributed by atoms with Crippen molar-refractivity contribution in [2.24, 2.45) is 5.73 Å². The maximum atomic E-state index is 13.5. The molecular weight excluding hydrogens is 351 g/mol. The first kappa shape index (κ1) is 19.2. The number of furan rings is 1. The van der Waals surface area contributed by atoms with Gasteiger partial charge in [0.25, 0.3) is 5.91 Å². The number of hydrogen-bond acceptors (Lipinski definition) is 5. The van der Waals surface area contributed by atoms with Crippen LogP contribution >= 0.6 is 12.4 Å². The summed E-state index contributed by atoms with van der Waals surface area (Å²) >= 11 is 0. The molecule has 2 heterocycles. The van der Waals surface area contributed by atoms with Gasteiger partial charge in [0.2, 0.25) is 0 Å². The number of amides is 1. The van der Waals surface area contributed by atoms with Gasteiger partial charge in [-0.3, -0.25) is 4.79 Å². The highest BCUT2D eigenvalue weighted by Crippen LogP contribution is 2.27. The van der Waals surface area contributed by atoms with Crippen LogP contribution < -0.4 is 15.8 Å². The van der Waals surface area contributed by atoms with Crippen LogP contribution in [0.3, 0.4) is 0 Å². The van der Waals surface area contributed by atoms with Crippen LogP contribution in [-0.4, -0.2) is 25.2 Å². The van der Waals surface area contributed by atoms with Crippen molar-refractivity contribution in [3.05, 3.63) is 47.7 Å². The maximum absolute atomic E-state index is 13.5. The van der Waals surface area contributed by atoms with Gasteiger partial charge < -0.3 is 24.9 Å². The lowest BCUT2D eigenvalue weighted by Crippen LogP contribution is -2.18. The van der Waals surface area contributed by atoms with Crippen LogP contribution in [-0.2, 0) is 11.3 Å². The second-order valence-electron chi connectivity index (χ2n) is 5.55. The Morgan fingerprint density at radius 1 is 1.40 bits per heavy atom. The third-order valence-electron chi connectivity index (χ3n) is 3.76. The van der Waals surface area contributed by atoms with Crippen LogP contribution in [0, 0.1) is 5.82 Å². The topological polar surface area (TPSA) is 86.7 Å². The molecule has 136 valence electrons. The number of hydrogen-bond donors (Lipinski definition) is 2. The van der Waals surface area contributed by atoms with Crippen LogP contribution in [0.2, 0.25) is 0 Å². The molecule has 0 saturated carbocycles. The van der Waals surface area contributed by atoms with Crippen molar-refractivity contribution in [1.82, 2.24) is 0 Å². The Hall–Kier alpha value is -2.09. The Balaban J connectivity index is 0.00000225. The molecule has 1 fully saturated rings. The van der Waals surface area contributed by atoms with Gasteiger partial charge in [-0.2, -0.15) is 0 Å². The third kappa shape index (κ3) is 4.94. The average molecular weight is 371 g/mol. The fraction of sp³-hybridized carbons (Fsp3) is 0.353. The summed E-state index contributed by atoms with van der Waals surface area (Å²) in [6, 6.07) is 5.53. The van der Waals surface area contributed by atoms with Crippen molar-refractivity contribution < 1.29 is 23.1 Å². The molecule has 3 rings (SSSR count). The van der Waals surface area contributed by atoms with Crippen LogP contribution in [0.15, 0.2) is 34.9 Å². The first-order valence-corrected chi connectivity index (χ1v) is 7.78. The molecule has 0 aliphatic carbocycles. The number of carbonyl (C=O) groups excluding carboxylic acids is 1. The van der Waals surface area contributed by atoms with Gasteiger partial charge in [-0.05, 0) is 31.0 Å². The zero-order valence-corrected chi connectivity index (χ0v) is 14.3. The predicted octanol–water partition coefficient (Wildman–Crippen LogP) is 3.11. The number of rotatable bonds is 6. The quantitative estimate of drug-likeness (QED) is 0.815. The third-order valence-corrected chi connectivity index (χ3v) is 3.76. The Morgan fingerprint density at radius 3 is 2.92 bits per heavy atom. The van der Waals surface area contributed by atoms with Gasteiger partial charge in [0.15, 0.2) is 0 Å². The monoisotopic (exact) mass is 370 g/mol. The highest BCUT2D eigenvalue weighted by Gasteiger charge is 2.18. The number of anilines is 1. The van der Waals surface area contributed by atoms with E-state index in [1.165, 1.54) is 24.5 Å². The number of ether oxygens (including phenoxy) is 2. The molecule has 8 heteroatoms. The lowest BCUT2D eigenvalue weighted by atomic mass is 10.2. The van der Waals surface area contributed by atoms with Crippen molar-refractivity contribution in [2.45, 2.75) is 25.5 Å². The van der Waals surface area contributed by atoms with E-state index in [0.717, 1.165) is 19.4 Å². The highest BCUT2D eigenvalue weighted by atomic mass is 35.5. The fourth-order valence-corrected chi connectivity index (χ4v) is 2.49. The van der Waals surface area contributed by atoms with Crippen molar-refractivity contribution in [3.8, 4) is 5.75 Å². The molecule has 0 spiro atoms. The summed E-state index contributed by atoms with van der Waals surface area (Å²) < 4.78 is 29.8. The summed E-state index contributed by atoms with van der Waals surface area (Å²) in [5.74, 6) is -0.00679. The second-order valence-corrected chi connectivity index (χ2v) is 5.55. The lowest BCUT2D eigenvalue weighted by molar-refractivity contribution is 0.0681. The summed E-state index contributed by atoms with van der Waals surface area (Å²) in [6.07, 6.45) is 3.27. The fourth-order valence-electron chi connectivity index (χ4n) is 2.49. The zero-order chi connectivity index (χ0) is 16.9. The minimum absolute atomic E-state index is 0. The van der Waals surface area contributed by atoms with E-state index in [2.05, 4.69) is 5.32 Å². The molecule has 1 unspecified atom stereocenters. The van der Waals surface area contributed by atoms with E-state index in [4.69, 9.17) is 19.6 Å². The number of carbonyl (C=O) groups is 1. The molecule has 1 aliphatic rings. The number of benzene rings is 1. The van der Waals surface area contributed by atoms with Crippen molar-refractivity contribution in [1.29, 1.82) is 0 Å². The van der Waals surface area contributed by atoms with Gasteiger partial charge in [0.05, 0.1) is 23.9 Å². The normalized spacial score (nSPS) is 16.3. The van der Waals surface area contributed by atoms with Crippen molar-refractivity contribution >= 4 is 24.0 Å². The number of nitrogens with two attached hydrogens (primary N) is 1. The SMILES string of the molecule is Cl.NCc1cc(C(=O)Nc2cc(F)ccc2OCC2CCCO2)co1. The van der Waals surface area contributed by atoms with Crippen LogP contribution in [0.4, 0.5) is 10.1 Å². The molecule has 3 N–H and O–H groups in total. The second kappa shape index (κ2) is 8.84. The van der Waals surface area contributed by atoms with Gasteiger partial charge in [-0.15, -0.1) is 12.4 Å². The number of halogens is 2. The summed E-state index contributed by atoms with van der Waals surface area (Å²) in [5, 5.41) is 2.63. The molecule has 1 amide bonds. The smallest absolute Gasteiger partial charge is 0.259 e. The summed E-state index contributed by atoms with van der Waals surface area (Å²) in [5.41, 5.74) is 6.02. The van der Waals surface area contributed by atoms with Crippen LogP contribution in [0.5, 0.6) is 5.75 Å². The zero-order valence-electron chi connectivity index (χ0n) is 13.5. The molecule has 1 aromatic heterocycles. The average Bonchev–Trinajstić information content (AvgIpc) is 3.25. The van der Waals surface area contributed by atoms with E-state index < -0.39 is 11.7 Å². The van der Waals surface area contributed by atoms with E-state index in [9.17, 15) is 9.18 Å². The number of nitrogens with one attached hydrogen (secondary N) is 1. The van der Waals surface area contributed by atoms with Crippen molar-refractivity contribution in [3.63, 3.8) is 0 Å². The summed E-state index contributed by atoms with van der Waals surface area (Å²) in [7, 11) is 0. The van der Waals surface area contributed by atoms with Gasteiger partial charge in [0, 0.05) is 12.7 Å². The molecule has 1 atom stereocenters. The molecule has 1 aromatic carbocycles. The Morgan fingerprint density at radius 2 is 2.24 bits per heavy atom. The predicted molar refractivity (Wildman–Crippen MR) is 92.7 cm³/mol. The van der Waals surface area contributed by atoms with Gasteiger partial charge >= 0.3 is 0 Å². The summed E-state index contributed by atoms with van der Waals surface area (Å²) in [6.45, 7) is 1.28. The molecule has 0 radical (unpaired) electrons. The Labute approximate surface area is 150 Å². The van der Waals surface area contributed by atoms with Gasteiger partial charge in [-0.25, -0.2) is 4.39 Å². The molecule has 2 aromatic rings. The van der Waals surface area contributed by atoms with E-state index in [1.807, 2.05) is 0 Å². The Bertz CT molecular complexity index is 716. The standard InChI is InChI=1S/C17H19FN2O4.ClH/c18-12-3-4-16(24-10-13-2-1-5-22-13)15(7-12)20-17(21)11-6-14(8-19)23-9-11;/h3-4,6-7,9,13H,1-2,5,8,10,19H2,(H,20,21);1H. The summed E-state index contributed by atoms with van der Waals surface area (Å²) in [4.78, 5) is 12.3. The van der Waals surface area contributed by atoms with E-state index in [-0.39, 0.29) is 30.7 Å². The van der Waals surface area contributed by atoms with Crippen LogP contribution in [0.25, 0.3) is 0 Å². The minimum Gasteiger partial charge on any atom is -0.489 e. The largest absolute Gasteiger partial charge is 0.489 e. The molecule has 0 bridgehead atoms. The van der Waals surface area contributed by atoms with E-state index in [0.29, 0.717) is 23.7 Å².